The van der Waals surface area contributed by atoms with Crippen molar-refractivity contribution in [2.75, 3.05) is 5.75 Å². The van der Waals surface area contributed by atoms with Gasteiger partial charge in [-0.15, -0.1) is 0 Å². The number of nitrogens with one attached hydrogen (secondary N) is 1. The zero-order chi connectivity index (χ0) is 16.6. The maximum atomic E-state index is 5.41. The van der Waals surface area contributed by atoms with Crippen LogP contribution >= 0.6 is 11.8 Å². The summed E-state index contributed by atoms with van der Waals surface area (Å²) in [5.74, 6) is 2.70. The minimum absolute atomic E-state index is 0.573. The average Bonchev–Trinajstić information content (AvgIpc) is 3.08. The van der Waals surface area contributed by atoms with Gasteiger partial charge in [-0.25, -0.2) is 0 Å². The van der Waals surface area contributed by atoms with Gasteiger partial charge in [-0.3, -0.25) is 0 Å². The van der Waals surface area contributed by atoms with Gasteiger partial charge in [0.25, 0.3) is 0 Å². The summed E-state index contributed by atoms with van der Waals surface area (Å²) >= 11 is 2.08. The van der Waals surface area contributed by atoms with Crippen molar-refractivity contribution in [3.05, 3.63) is 47.6 Å². The third kappa shape index (κ3) is 5.08. The monoisotopic (exact) mass is 345 g/mol. The number of nitrogens with zero attached hydrogens (tertiary/aromatic N) is 2. The molecule has 2 atom stereocenters. The Morgan fingerprint density at radius 3 is 2.83 bits per heavy atom. The van der Waals surface area contributed by atoms with E-state index in [4.69, 9.17) is 4.52 Å². The summed E-state index contributed by atoms with van der Waals surface area (Å²) in [6.07, 6.45) is 7.04. The molecule has 130 valence electrons. The fourth-order valence-corrected chi connectivity index (χ4v) is 4.55. The fourth-order valence-electron chi connectivity index (χ4n) is 3.33. The molecule has 0 saturated heterocycles. The summed E-state index contributed by atoms with van der Waals surface area (Å²) < 4.78 is 5.41. The molecule has 1 heterocycles. The molecule has 0 spiro atoms. The molecule has 1 aliphatic carbocycles. The maximum Gasteiger partial charge on any atom is 0.240 e. The van der Waals surface area contributed by atoms with E-state index in [1.807, 2.05) is 6.07 Å². The Kier molecular flexibility index (Phi) is 6.73. The SMILES string of the molecule is CCS[C@@H]1CCCC[C@H]1NCc1nc(CCc2ccccc2)no1. The highest BCUT2D eigenvalue weighted by molar-refractivity contribution is 7.99. The van der Waals surface area contributed by atoms with Gasteiger partial charge in [0, 0.05) is 17.7 Å². The topological polar surface area (TPSA) is 51.0 Å². The van der Waals surface area contributed by atoms with E-state index in [1.54, 1.807) is 0 Å². The number of thioether (sulfide) groups is 1. The van der Waals surface area contributed by atoms with Crippen molar-refractivity contribution in [1.82, 2.24) is 15.5 Å². The molecule has 1 aliphatic rings. The standard InChI is InChI=1S/C19H27N3OS/c1-2-24-17-11-7-6-10-16(17)20-14-19-21-18(22-23-19)13-12-15-8-4-3-5-9-15/h3-5,8-9,16-17,20H,2,6-7,10-14H2,1H3/t16-,17-/m1/s1. The Bertz CT molecular complexity index is 600. The molecule has 0 radical (unpaired) electrons. The molecule has 3 rings (SSSR count). The summed E-state index contributed by atoms with van der Waals surface area (Å²) in [6, 6.07) is 11.0. The molecule has 2 aromatic rings. The average molecular weight is 346 g/mol. The van der Waals surface area contributed by atoms with Crippen LogP contribution in [0.25, 0.3) is 0 Å². The number of benzene rings is 1. The minimum atomic E-state index is 0.573. The van der Waals surface area contributed by atoms with Crippen LogP contribution in [0.15, 0.2) is 34.9 Å². The molecule has 1 fully saturated rings. The molecule has 0 aliphatic heterocycles. The first-order valence-electron chi connectivity index (χ1n) is 9.05. The van der Waals surface area contributed by atoms with Gasteiger partial charge in [-0.05, 0) is 30.6 Å². The fraction of sp³-hybridized carbons (Fsp3) is 0.579. The molecular formula is C19H27N3OS. The molecule has 5 heteroatoms. The lowest BCUT2D eigenvalue weighted by Gasteiger charge is -2.31. The third-order valence-corrected chi connectivity index (χ3v) is 5.91. The highest BCUT2D eigenvalue weighted by atomic mass is 32.2. The molecule has 4 nitrogen and oxygen atoms in total. The van der Waals surface area contributed by atoms with Crippen LogP contribution in [-0.2, 0) is 19.4 Å². The second-order valence-electron chi connectivity index (χ2n) is 6.36. The van der Waals surface area contributed by atoms with Gasteiger partial charge in [0.2, 0.25) is 5.89 Å². The molecule has 0 unspecified atom stereocenters. The first kappa shape index (κ1) is 17.5. The Morgan fingerprint density at radius 2 is 2.00 bits per heavy atom. The van der Waals surface area contributed by atoms with E-state index in [0.717, 1.165) is 23.9 Å². The van der Waals surface area contributed by atoms with Gasteiger partial charge >= 0.3 is 0 Å². The van der Waals surface area contributed by atoms with Gasteiger partial charge in [0.1, 0.15) is 0 Å². The number of aryl methyl sites for hydroxylation is 2. The zero-order valence-corrected chi connectivity index (χ0v) is 15.2. The minimum Gasteiger partial charge on any atom is -0.338 e. The molecule has 24 heavy (non-hydrogen) atoms. The van der Waals surface area contributed by atoms with Crippen molar-refractivity contribution in [1.29, 1.82) is 0 Å². The van der Waals surface area contributed by atoms with Crippen LogP contribution in [-0.4, -0.2) is 27.2 Å². The molecule has 0 bridgehead atoms. The Balaban J connectivity index is 1.47. The van der Waals surface area contributed by atoms with Gasteiger partial charge in [0.15, 0.2) is 5.82 Å². The zero-order valence-electron chi connectivity index (χ0n) is 14.4. The first-order valence-corrected chi connectivity index (χ1v) is 10.1. The largest absolute Gasteiger partial charge is 0.338 e. The number of hydrogen-bond acceptors (Lipinski definition) is 5. The second kappa shape index (κ2) is 9.23. The smallest absolute Gasteiger partial charge is 0.240 e. The van der Waals surface area contributed by atoms with Crippen molar-refractivity contribution in [3.63, 3.8) is 0 Å². The predicted molar refractivity (Wildman–Crippen MR) is 99.2 cm³/mol. The van der Waals surface area contributed by atoms with Crippen molar-refractivity contribution >= 4 is 11.8 Å². The van der Waals surface area contributed by atoms with Crippen LogP contribution < -0.4 is 5.32 Å². The highest BCUT2D eigenvalue weighted by Crippen LogP contribution is 2.28. The lowest BCUT2D eigenvalue weighted by Crippen LogP contribution is -2.40. The van der Waals surface area contributed by atoms with E-state index in [-0.39, 0.29) is 0 Å². The van der Waals surface area contributed by atoms with E-state index in [0.29, 0.717) is 18.5 Å². The molecule has 0 amide bonds. The van der Waals surface area contributed by atoms with Gasteiger partial charge in [-0.1, -0.05) is 55.3 Å². The maximum absolute atomic E-state index is 5.41. The van der Waals surface area contributed by atoms with E-state index in [9.17, 15) is 0 Å². The molecule has 1 saturated carbocycles. The van der Waals surface area contributed by atoms with Crippen LogP contribution in [0, 0.1) is 0 Å². The van der Waals surface area contributed by atoms with E-state index in [1.165, 1.54) is 37.0 Å². The Hall–Kier alpha value is -1.33. The second-order valence-corrected chi connectivity index (χ2v) is 7.87. The van der Waals surface area contributed by atoms with E-state index in [2.05, 4.69) is 58.4 Å². The van der Waals surface area contributed by atoms with Gasteiger partial charge < -0.3 is 9.84 Å². The van der Waals surface area contributed by atoms with Crippen LogP contribution in [0.3, 0.4) is 0 Å². The summed E-state index contributed by atoms with van der Waals surface area (Å²) in [5, 5.41) is 8.49. The lowest BCUT2D eigenvalue weighted by molar-refractivity contribution is 0.330. The molecular weight excluding hydrogens is 318 g/mol. The van der Waals surface area contributed by atoms with E-state index < -0.39 is 0 Å². The third-order valence-electron chi connectivity index (χ3n) is 4.59. The van der Waals surface area contributed by atoms with Crippen molar-refractivity contribution in [3.8, 4) is 0 Å². The highest BCUT2D eigenvalue weighted by Gasteiger charge is 2.25. The summed E-state index contributed by atoms with van der Waals surface area (Å²) in [5.41, 5.74) is 1.31. The van der Waals surface area contributed by atoms with Crippen LogP contribution in [0.4, 0.5) is 0 Å². The van der Waals surface area contributed by atoms with E-state index >= 15 is 0 Å². The number of aromatic nitrogens is 2. The molecule has 1 N–H and O–H groups in total. The van der Waals surface area contributed by atoms with Crippen molar-refractivity contribution in [2.24, 2.45) is 0 Å². The van der Waals surface area contributed by atoms with Gasteiger partial charge in [-0.2, -0.15) is 16.7 Å². The predicted octanol–water partition coefficient (Wildman–Crippen LogP) is 4.01. The number of rotatable bonds is 8. The Labute approximate surface area is 148 Å². The van der Waals surface area contributed by atoms with Crippen molar-refractivity contribution in [2.45, 2.75) is 63.3 Å². The quantitative estimate of drug-likeness (QED) is 0.783. The molecule has 1 aromatic heterocycles. The lowest BCUT2D eigenvalue weighted by atomic mass is 9.95. The summed E-state index contributed by atoms with van der Waals surface area (Å²) in [4.78, 5) is 4.53. The normalized spacial score (nSPS) is 21.0. The first-order chi connectivity index (χ1) is 11.8. The van der Waals surface area contributed by atoms with Crippen LogP contribution in [0.2, 0.25) is 0 Å². The summed E-state index contributed by atoms with van der Waals surface area (Å²) in [7, 11) is 0. The Morgan fingerprint density at radius 1 is 1.17 bits per heavy atom. The number of hydrogen-bond donors (Lipinski definition) is 1. The molecule has 1 aromatic carbocycles. The van der Waals surface area contributed by atoms with Crippen LogP contribution in [0.1, 0.15) is 49.9 Å². The van der Waals surface area contributed by atoms with Gasteiger partial charge in [0.05, 0.1) is 6.54 Å². The van der Waals surface area contributed by atoms with Crippen molar-refractivity contribution < 1.29 is 4.52 Å². The van der Waals surface area contributed by atoms with Crippen LogP contribution in [0.5, 0.6) is 0 Å². The summed E-state index contributed by atoms with van der Waals surface area (Å²) in [6.45, 7) is 2.93.